The van der Waals surface area contributed by atoms with Crippen LogP contribution in [0.3, 0.4) is 0 Å². The number of carbonyl (C=O) groups is 3. The normalized spacial score (nSPS) is 15.5. The number of nitrogens with zero attached hydrogens (tertiary/aromatic N) is 2. The van der Waals surface area contributed by atoms with Gasteiger partial charge in [0, 0.05) is 41.1 Å². The molecule has 190 valence electrons. The molecular weight excluding hydrogens is 507 g/mol. The van der Waals surface area contributed by atoms with Gasteiger partial charge in [-0.1, -0.05) is 59.6 Å². The van der Waals surface area contributed by atoms with Crippen LogP contribution in [-0.2, 0) is 20.8 Å². The Balaban J connectivity index is 2.19. The van der Waals surface area contributed by atoms with Crippen LogP contribution in [0, 0.1) is 0 Å². The van der Waals surface area contributed by atoms with E-state index >= 15 is 0 Å². The van der Waals surface area contributed by atoms with E-state index in [1.54, 1.807) is 6.07 Å². The van der Waals surface area contributed by atoms with Gasteiger partial charge in [-0.05, 0) is 30.5 Å². The lowest BCUT2D eigenvalue weighted by atomic mass is 9.80. The third-order valence-electron chi connectivity index (χ3n) is 5.98. The third-order valence-corrected chi connectivity index (χ3v) is 6.64. The first-order valence-electron chi connectivity index (χ1n) is 11.2. The van der Waals surface area contributed by atoms with Crippen molar-refractivity contribution >= 4 is 41.0 Å². The highest BCUT2D eigenvalue weighted by atomic mass is 35.5. The minimum Gasteiger partial charge on any atom is -0.478 e. The van der Waals surface area contributed by atoms with Crippen LogP contribution in [0.25, 0.3) is 0 Å². The van der Waals surface area contributed by atoms with E-state index in [0.717, 1.165) is 5.56 Å². The average Bonchev–Trinajstić information content (AvgIpc) is 2.83. The number of likely N-dealkylation sites (N-methyl/N-ethyl adjacent to an activating group) is 1. The molecule has 2 aromatic carbocycles. The lowest BCUT2D eigenvalue weighted by Crippen LogP contribution is -2.40. The maximum absolute atomic E-state index is 12.8. The molecule has 0 bridgehead atoms. The Labute approximate surface area is 218 Å². The zero-order chi connectivity index (χ0) is 26.4. The highest BCUT2D eigenvalue weighted by molar-refractivity contribution is 6.36. The minimum absolute atomic E-state index is 0.0783. The number of aliphatic hydroxyl groups excluding tert-OH is 1. The van der Waals surface area contributed by atoms with Crippen molar-refractivity contribution in [3.8, 4) is 0 Å². The van der Waals surface area contributed by atoms with E-state index in [9.17, 15) is 29.7 Å². The number of allylic oxidation sites excluding steroid dienone is 1. The smallest absolute Gasteiger partial charge is 0.334 e. The van der Waals surface area contributed by atoms with E-state index in [2.05, 4.69) is 0 Å². The molecule has 1 atom stereocenters. The number of hydrogen-bond acceptors (Lipinski definition) is 5. The predicted molar refractivity (Wildman–Crippen MR) is 136 cm³/mol. The van der Waals surface area contributed by atoms with Gasteiger partial charge in [-0.2, -0.15) is 0 Å². The van der Waals surface area contributed by atoms with E-state index in [1.165, 1.54) is 35.2 Å². The molecule has 0 aliphatic carbocycles. The van der Waals surface area contributed by atoms with Crippen LogP contribution in [-0.4, -0.2) is 69.7 Å². The number of aryl methyl sites for hydroxylation is 1. The first-order valence-corrected chi connectivity index (χ1v) is 11.9. The van der Waals surface area contributed by atoms with E-state index in [-0.39, 0.29) is 58.6 Å². The number of aliphatic carboxylic acids is 2. The van der Waals surface area contributed by atoms with Crippen LogP contribution in [0.4, 0.5) is 0 Å². The SMILES string of the molecule is CN(CCO)C(=O)CN1C=C(C(=O)O)C(c2c(Cl)cccc2Cl)C(C(=O)O)=C1CCc1ccccc1. The van der Waals surface area contributed by atoms with Crippen LogP contribution >= 0.6 is 23.2 Å². The number of carbonyl (C=O) groups excluding carboxylic acids is 1. The topological polar surface area (TPSA) is 118 Å². The highest BCUT2D eigenvalue weighted by Crippen LogP contribution is 2.45. The molecule has 0 saturated carbocycles. The summed E-state index contributed by atoms with van der Waals surface area (Å²) in [6, 6.07) is 14.0. The largest absolute Gasteiger partial charge is 0.478 e. The van der Waals surface area contributed by atoms with Crippen molar-refractivity contribution in [3.05, 3.63) is 92.7 Å². The molecule has 1 amide bonds. The summed E-state index contributed by atoms with van der Waals surface area (Å²) < 4.78 is 0. The van der Waals surface area contributed by atoms with E-state index < -0.39 is 23.8 Å². The number of carboxylic acid groups (broad SMARTS) is 2. The summed E-state index contributed by atoms with van der Waals surface area (Å²) in [5.74, 6) is -4.38. The van der Waals surface area contributed by atoms with Gasteiger partial charge in [-0.25, -0.2) is 9.59 Å². The van der Waals surface area contributed by atoms with Crippen LogP contribution in [0.2, 0.25) is 10.0 Å². The van der Waals surface area contributed by atoms with Crippen molar-refractivity contribution in [2.24, 2.45) is 0 Å². The number of carboxylic acids is 2. The van der Waals surface area contributed by atoms with Gasteiger partial charge >= 0.3 is 11.9 Å². The summed E-state index contributed by atoms with van der Waals surface area (Å²) in [5, 5.41) is 29.9. The Kier molecular flexibility index (Phi) is 9.14. The summed E-state index contributed by atoms with van der Waals surface area (Å²) in [6.45, 7) is -0.478. The fraction of sp³-hybridized carbons (Fsp3) is 0.269. The zero-order valence-corrected chi connectivity index (χ0v) is 21.0. The van der Waals surface area contributed by atoms with Crippen LogP contribution < -0.4 is 0 Å². The minimum atomic E-state index is -1.36. The standard InChI is InChI=1S/C26H26Cl2N2O6/c1-29(12-13-31)21(32)15-30-14-17(25(33)34)22(23-18(27)8-5-9-19(23)28)24(26(35)36)20(30)11-10-16-6-3-2-4-7-16/h2-9,14,22,31H,10-13,15H2,1H3,(H,33,34)(H,35,36). The fourth-order valence-electron chi connectivity index (χ4n) is 4.18. The van der Waals surface area contributed by atoms with Gasteiger partial charge in [0.25, 0.3) is 0 Å². The van der Waals surface area contributed by atoms with E-state index in [1.807, 2.05) is 30.3 Å². The molecule has 0 spiro atoms. The summed E-state index contributed by atoms with van der Waals surface area (Å²) >= 11 is 12.8. The Morgan fingerprint density at radius 3 is 2.14 bits per heavy atom. The van der Waals surface area contributed by atoms with Gasteiger partial charge in [-0.15, -0.1) is 0 Å². The Morgan fingerprint density at radius 1 is 0.944 bits per heavy atom. The molecular formula is C26H26Cl2N2O6. The molecule has 0 fully saturated rings. The lowest BCUT2D eigenvalue weighted by molar-refractivity contribution is -0.135. The number of rotatable bonds is 10. The molecule has 1 heterocycles. The molecule has 3 N–H and O–H groups in total. The summed E-state index contributed by atoms with van der Waals surface area (Å²) in [5.41, 5.74) is 0.913. The van der Waals surface area contributed by atoms with Crippen molar-refractivity contribution in [2.45, 2.75) is 18.8 Å². The van der Waals surface area contributed by atoms with Gasteiger partial charge in [0.1, 0.15) is 6.54 Å². The molecule has 8 nitrogen and oxygen atoms in total. The fourth-order valence-corrected chi connectivity index (χ4v) is 4.79. The van der Waals surface area contributed by atoms with Crippen molar-refractivity contribution in [1.82, 2.24) is 9.80 Å². The van der Waals surface area contributed by atoms with Crippen molar-refractivity contribution < 1.29 is 29.7 Å². The van der Waals surface area contributed by atoms with Gasteiger partial charge < -0.3 is 25.1 Å². The molecule has 10 heteroatoms. The third kappa shape index (κ3) is 6.07. The van der Waals surface area contributed by atoms with E-state index in [0.29, 0.717) is 6.42 Å². The average molecular weight is 533 g/mol. The second-order valence-electron chi connectivity index (χ2n) is 8.28. The van der Waals surface area contributed by atoms with Crippen LogP contribution in [0.15, 0.2) is 71.6 Å². The lowest BCUT2D eigenvalue weighted by Gasteiger charge is -2.35. The summed E-state index contributed by atoms with van der Waals surface area (Å²) in [4.78, 5) is 40.5. The number of hydrogen-bond donors (Lipinski definition) is 3. The predicted octanol–water partition coefficient (Wildman–Crippen LogP) is 3.78. The first-order chi connectivity index (χ1) is 17.1. The molecule has 0 aromatic heterocycles. The summed E-state index contributed by atoms with van der Waals surface area (Å²) in [7, 11) is 1.50. The molecule has 0 radical (unpaired) electrons. The maximum Gasteiger partial charge on any atom is 0.334 e. The number of halogens is 2. The highest BCUT2D eigenvalue weighted by Gasteiger charge is 2.40. The summed E-state index contributed by atoms with van der Waals surface area (Å²) in [6.07, 6.45) is 1.94. The van der Waals surface area contributed by atoms with Gasteiger partial charge in [0.05, 0.1) is 23.7 Å². The Bertz CT molecular complexity index is 1190. The Morgan fingerprint density at radius 2 is 1.58 bits per heavy atom. The van der Waals surface area contributed by atoms with Crippen molar-refractivity contribution in [2.75, 3.05) is 26.7 Å². The molecule has 36 heavy (non-hydrogen) atoms. The monoisotopic (exact) mass is 532 g/mol. The number of aliphatic hydroxyl groups is 1. The molecule has 1 unspecified atom stereocenters. The number of benzene rings is 2. The zero-order valence-electron chi connectivity index (χ0n) is 19.5. The second-order valence-corrected chi connectivity index (χ2v) is 9.09. The van der Waals surface area contributed by atoms with Crippen molar-refractivity contribution in [1.29, 1.82) is 0 Å². The molecule has 0 saturated heterocycles. The quantitative estimate of drug-likeness (QED) is 0.426. The maximum atomic E-state index is 12.8. The van der Waals surface area contributed by atoms with E-state index in [4.69, 9.17) is 23.2 Å². The molecule has 3 rings (SSSR count). The van der Waals surface area contributed by atoms with Crippen LogP contribution in [0.1, 0.15) is 23.5 Å². The van der Waals surface area contributed by atoms with Gasteiger partial charge in [0.15, 0.2) is 0 Å². The molecule has 1 aliphatic heterocycles. The van der Waals surface area contributed by atoms with Crippen molar-refractivity contribution in [3.63, 3.8) is 0 Å². The Hall–Kier alpha value is -3.33. The first kappa shape index (κ1) is 27.3. The molecule has 1 aliphatic rings. The van der Waals surface area contributed by atoms with Crippen LogP contribution in [0.5, 0.6) is 0 Å². The van der Waals surface area contributed by atoms with Gasteiger partial charge in [0.2, 0.25) is 5.91 Å². The number of amides is 1. The van der Waals surface area contributed by atoms with Gasteiger partial charge in [-0.3, -0.25) is 4.79 Å². The molecule has 2 aromatic rings. The second kappa shape index (κ2) is 12.1.